The summed E-state index contributed by atoms with van der Waals surface area (Å²) in [7, 11) is 0. The maximum atomic E-state index is 5.93. The van der Waals surface area contributed by atoms with Crippen molar-refractivity contribution < 1.29 is 4.74 Å². The van der Waals surface area contributed by atoms with Crippen molar-refractivity contribution >= 4 is 0 Å². The third kappa shape index (κ3) is 5.48. The first kappa shape index (κ1) is 15.8. The summed E-state index contributed by atoms with van der Waals surface area (Å²) < 4.78 is 5.93. The maximum Gasteiger partial charge on any atom is 0.124 e. The van der Waals surface area contributed by atoms with E-state index in [4.69, 9.17) is 4.74 Å². The molecule has 1 unspecified atom stereocenters. The lowest BCUT2D eigenvalue weighted by molar-refractivity contribution is 0.305. The van der Waals surface area contributed by atoms with Crippen molar-refractivity contribution in [1.29, 1.82) is 0 Å². The molecule has 0 aliphatic heterocycles. The summed E-state index contributed by atoms with van der Waals surface area (Å²) in [6.45, 7) is 12.0. The number of allylic oxidation sites excluding steroid dienone is 1. The second kappa shape index (κ2) is 8.76. The summed E-state index contributed by atoms with van der Waals surface area (Å²) in [5, 5.41) is 3.51. The first-order valence-electron chi connectivity index (χ1n) is 7.26. The van der Waals surface area contributed by atoms with E-state index in [1.807, 2.05) is 6.08 Å². The topological polar surface area (TPSA) is 21.3 Å². The maximum absolute atomic E-state index is 5.93. The fraction of sp³-hybridized carbons (Fsp3) is 0.529. The minimum atomic E-state index is 0.329. The van der Waals surface area contributed by atoms with Gasteiger partial charge in [0.2, 0.25) is 0 Å². The highest BCUT2D eigenvalue weighted by Crippen LogP contribution is 2.26. The number of hydrogen-bond acceptors (Lipinski definition) is 2. The van der Waals surface area contributed by atoms with Crippen LogP contribution in [0.3, 0.4) is 0 Å². The van der Waals surface area contributed by atoms with Crippen LogP contribution in [0.1, 0.15) is 50.3 Å². The minimum absolute atomic E-state index is 0.329. The van der Waals surface area contributed by atoms with Gasteiger partial charge in [-0.25, -0.2) is 0 Å². The van der Waals surface area contributed by atoms with Gasteiger partial charge in [-0.3, -0.25) is 0 Å². The van der Waals surface area contributed by atoms with Crippen LogP contribution in [0, 0.1) is 6.92 Å². The molecule has 1 aromatic rings. The summed E-state index contributed by atoms with van der Waals surface area (Å²) in [4.78, 5) is 0. The molecular formula is C17H27NO. The van der Waals surface area contributed by atoms with E-state index in [1.54, 1.807) is 0 Å². The van der Waals surface area contributed by atoms with Crippen molar-refractivity contribution in [3.05, 3.63) is 42.0 Å². The van der Waals surface area contributed by atoms with Gasteiger partial charge in [0.15, 0.2) is 0 Å². The smallest absolute Gasteiger partial charge is 0.124 e. The highest BCUT2D eigenvalue weighted by Gasteiger charge is 2.11. The van der Waals surface area contributed by atoms with Crippen LogP contribution in [0.2, 0.25) is 0 Å². The lowest BCUT2D eigenvalue weighted by Gasteiger charge is -2.18. The van der Waals surface area contributed by atoms with Gasteiger partial charge in [-0.15, -0.1) is 6.58 Å². The minimum Gasteiger partial charge on any atom is -0.493 e. The molecule has 0 bridgehead atoms. The van der Waals surface area contributed by atoms with Gasteiger partial charge < -0.3 is 10.1 Å². The Morgan fingerprint density at radius 1 is 1.42 bits per heavy atom. The van der Waals surface area contributed by atoms with Crippen molar-refractivity contribution in [3.8, 4) is 5.75 Å². The van der Waals surface area contributed by atoms with Crippen LogP contribution in [-0.4, -0.2) is 13.2 Å². The lowest BCUT2D eigenvalue weighted by atomic mass is 10.0. The van der Waals surface area contributed by atoms with Crippen LogP contribution >= 0.6 is 0 Å². The Balaban J connectivity index is 2.70. The van der Waals surface area contributed by atoms with Crippen molar-refractivity contribution in [2.45, 2.75) is 46.1 Å². The molecule has 1 N–H and O–H groups in total. The van der Waals surface area contributed by atoms with Gasteiger partial charge in [0, 0.05) is 11.6 Å². The summed E-state index contributed by atoms with van der Waals surface area (Å²) in [6, 6.07) is 6.78. The third-order valence-electron chi connectivity index (χ3n) is 3.15. The van der Waals surface area contributed by atoms with Crippen molar-refractivity contribution in [2.75, 3.05) is 13.2 Å². The molecule has 0 amide bonds. The summed E-state index contributed by atoms with van der Waals surface area (Å²) >= 11 is 0. The zero-order valence-electron chi connectivity index (χ0n) is 12.5. The second-order valence-electron chi connectivity index (χ2n) is 5.00. The van der Waals surface area contributed by atoms with Crippen LogP contribution in [0.4, 0.5) is 0 Å². The largest absolute Gasteiger partial charge is 0.493 e. The zero-order valence-corrected chi connectivity index (χ0v) is 12.5. The molecule has 1 atom stereocenters. The molecular weight excluding hydrogens is 234 g/mol. The van der Waals surface area contributed by atoms with E-state index in [0.29, 0.717) is 6.04 Å². The summed E-state index contributed by atoms with van der Waals surface area (Å²) in [5.74, 6) is 1.01. The number of benzene rings is 1. The van der Waals surface area contributed by atoms with Gasteiger partial charge in [0.25, 0.3) is 0 Å². The molecule has 0 saturated heterocycles. The zero-order chi connectivity index (χ0) is 14.1. The second-order valence-corrected chi connectivity index (χ2v) is 5.00. The van der Waals surface area contributed by atoms with Crippen molar-refractivity contribution in [1.82, 2.24) is 5.32 Å². The molecule has 1 aromatic carbocycles. The molecule has 0 heterocycles. The van der Waals surface area contributed by atoms with Crippen LogP contribution in [0.5, 0.6) is 5.75 Å². The lowest BCUT2D eigenvalue weighted by Crippen LogP contribution is -2.20. The number of aryl methyl sites for hydroxylation is 1. The van der Waals surface area contributed by atoms with Crippen molar-refractivity contribution in [2.24, 2.45) is 0 Å². The molecule has 0 aliphatic carbocycles. The Hall–Kier alpha value is -1.28. The van der Waals surface area contributed by atoms with E-state index < -0.39 is 0 Å². The Kier molecular flexibility index (Phi) is 7.27. The van der Waals surface area contributed by atoms with Crippen molar-refractivity contribution in [3.63, 3.8) is 0 Å². The summed E-state index contributed by atoms with van der Waals surface area (Å²) in [6.07, 6.45) is 5.11. The number of rotatable bonds is 9. The monoisotopic (exact) mass is 261 g/mol. The predicted molar refractivity (Wildman–Crippen MR) is 82.8 cm³/mol. The predicted octanol–water partition coefficient (Wildman–Crippen LogP) is 4.40. The normalized spacial score (nSPS) is 12.2. The van der Waals surface area contributed by atoms with Crippen LogP contribution in [-0.2, 0) is 0 Å². The molecule has 106 valence electrons. The van der Waals surface area contributed by atoms with Gasteiger partial charge in [-0.05, 0) is 51.3 Å². The Morgan fingerprint density at radius 3 is 2.89 bits per heavy atom. The number of unbranched alkanes of at least 4 members (excludes halogenated alkanes) is 1. The molecule has 0 aromatic heterocycles. The Morgan fingerprint density at radius 2 is 2.21 bits per heavy atom. The molecule has 1 rings (SSSR count). The average Bonchev–Trinajstić information content (AvgIpc) is 2.41. The Bertz CT molecular complexity index is 387. The molecule has 0 fully saturated rings. The van der Waals surface area contributed by atoms with Crippen LogP contribution in [0.15, 0.2) is 30.9 Å². The van der Waals surface area contributed by atoms with E-state index in [9.17, 15) is 0 Å². The molecule has 0 saturated carbocycles. The van der Waals surface area contributed by atoms with E-state index in [1.165, 1.54) is 11.1 Å². The van der Waals surface area contributed by atoms with Gasteiger partial charge >= 0.3 is 0 Å². The van der Waals surface area contributed by atoms with E-state index in [-0.39, 0.29) is 0 Å². The quantitative estimate of drug-likeness (QED) is 0.525. The van der Waals surface area contributed by atoms with E-state index in [2.05, 4.69) is 50.9 Å². The molecule has 0 aliphatic rings. The molecule has 2 heteroatoms. The first-order valence-corrected chi connectivity index (χ1v) is 7.26. The van der Waals surface area contributed by atoms with E-state index in [0.717, 1.165) is 38.2 Å². The highest BCUT2D eigenvalue weighted by molar-refractivity contribution is 5.39. The molecule has 19 heavy (non-hydrogen) atoms. The fourth-order valence-electron chi connectivity index (χ4n) is 2.00. The highest BCUT2D eigenvalue weighted by atomic mass is 16.5. The Labute approximate surface area is 117 Å². The molecule has 0 spiro atoms. The third-order valence-corrected chi connectivity index (χ3v) is 3.15. The standard InChI is InChI=1S/C17H27NO/c1-5-7-8-12-19-17-13-14(3)9-10-16(17)15(4)18-11-6-2/h5,9-10,13,15,18H,1,6-8,11-12H2,2-4H3. The number of nitrogens with one attached hydrogen (secondary N) is 1. The molecule has 0 radical (unpaired) electrons. The molecule has 2 nitrogen and oxygen atoms in total. The van der Waals surface area contributed by atoms with Gasteiger partial charge in [0.1, 0.15) is 5.75 Å². The number of hydrogen-bond donors (Lipinski definition) is 1. The van der Waals surface area contributed by atoms with Crippen LogP contribution < -0.4 is 10.1 Å². The average molecular weight is 261 g/mol. The van der Waals surface area contributed by atoms with Gasteiger partial charge in [0.05, 0.1) is 6.61 Å². The van der Waals surface area contributed by atoms with Gasteiger partial charge in [-0.2, -0.15) is 0 Å². The fourth-order valence-corrected chi connectivity index (χ4v) is 2.00. The van der Waals surface area contributed by atoms with Crippen LogP contribution in [0.25, 0.3) is 0 Å². The summed E-state index contributed by atoms with van der Waals surface area (Å²) in [5.41, 5.74) is 2.49. The van der Waals surface area contributed by atoms with E-state index >= 15 is 0 Å². The first-order chi connectivity index (χ1) is 9.19. The SMILES string of the molecule is C=CCCCOc1cc(C)ccc1C(C)NCCC. The number of ether oxygens (including phenoxy) is 1. The van der Waals surface area contributed by atoms with Gasteiger partial charge in [-0.1, -0.05) is 25.1 Å².